The molecule has 0 aliphatic heterocycles. The Bertz CT molecular complexity index is 251. The molecule has 0 heterocycles. The molecule has 0 radical (unpaired) electrons. The molecule has 0 atom stereocenters. The van der Waals surface area contributed by atoms with Gasteiger partial charge in [0.1, 0.15) is 11.7 Å². The van der Waals surface area contributed by atoms with Crippen LogP contribution < -0.4 is 5.32 Å². The lowest BCUT2D eigenvalue weighted by Gasteiger charge is -2.00. The Morgan fingerprint density at radius 1 is 1.33 bits per heavy atom. The normalized spacial score (nSPS) is 17.8. The zero-order valence-electron chi connectivity index (χ0n) is 6.90. The van der Waals surface area contributed by atoms with Gasteiger partial charge >= 0.3 is 0 Å². The van der Waals surface area contributed by atoms with Gasteiger partial charge in [-0.05, 0) is 31.2 Å². The van der Waals surface area contributed by atoms with Crippen molar-refractivity contribution in [3.63, 3.8) is 0 Å². The molecular weight excluding hydrogens is 160 g/mol. The second-order valence-corrected chi connectivity index (χ2v) is 2.66. The van der Waals surface area contributed by atoms with Gasteiger partial charge in [-0.2, -0.15) is 0 Å². The molecular formula is C9H11F2N. The van der Waals surface area contributed by atoms with Gasteiger partial charge < -0.3 is 5.32 Å². The Morgan fingerprint density at radius 2 is 2.08 bits per heavy atom. The molecule has 1 aliphatic rings. The standard InChI is InChI=1S/C9H11F2N/c1-12-6-7-2-3-8(10)5-9(11)4-7/h3-5,12H,2,6H2,1H3. The zero-order chi connectivity index (χ0) is 8.97. The van der Waals surface area contributed by atoms with Crippen molar-refractivity contribution in [3.05, 3.63) is 35.5 Å². The smallest absolute Gasteiger partial charge is 0.126 e. The summed E-state index contributed by atoms with van der Waals surface area (Å²) in [4.78, 5) is 0. The lowest BCUT2D eigenvalue weighted by atomic mass is 10.2. The lowest BCUT2D eigenvalue weighted by molar-refractivity contribution is 0.631. The van der Waals surface area contributed by atoms with Crippen LogP contribution in [0.25, 0.3) is 0 Å². The molecule has 1 aliphatic carbocycles. The van der Waals surface area contributed by atoms with Crippen LogP contribution in [0.5, 0.6) is 0 Å². The molecule has 0 saturated carbocycles. The molecule has 1 nitrogen and oxygen atoms in total. The van der Waals surface area contributed by atoms with E-state index >= 15 is 0 Å². The Labute approximate surface area is 70.5 Å². The first-order valence-electron chi connectivity index (χ1n) is 3.79. The fourth-order valence-electron chi connectivity index (χ4n) is 1.07. The summed E-state index contributed by atoms with van der Waals surface area (Å²) in [5.41, 5.74) is 0.846. The Balaban J connectivity index is 2.75. The topological polar surface area (TPSA) is 12.0 Å². The van der Waals surface area contributed by atoms with Crippen LogP contribution in [0.1, 0.15) is 6.42 Å². The van der Waals surface area contributed by atoms with Gasteiger partial charge in [0.2, 0.25) is 0 Å². The first-order chi connectivity index (χ1) is 5.72. The number of rotatable bonds is 2. The van der Waals surface area contributed by atoms with Crippen LogP contribution in [0.2, 0.25) is 0 Å². The molecule has 0 bridgehead atoms. The van der Waals surface area contributed by atoms with Crippen LogP contribution in [0.3, 0.4) is 0 Å². The molecule has 0 unspecified atom stereocenters. The van der Waals surface area contributed by atoms with Gasteiger partial charge in [-0.3, -0.25) is 0 Å². The fourth-order valence-corrected chi connectivity index (χ4v) is 1.07. The summed E-state index contributed by atoms with van der Waals surface area (Å²) in [6.45, 7) is 0.588. The van der Waals surface area contributed by atoms with Crippen LogP contribution in [0, 0.1) is 0 Å². The Hall–Kier alpha value is -0.960. The van der Waals surface area contributed by atoms with E-state index in [-0.39, 0.29) is 0 Å². The molecule has 1 N–H and O–H groups in total. The second kappa shape index (κ2) is 4.16. The van der Waals surface area contributed by atoms with Gasteiger partial charge in [0.15, 0.2) is 0 Å². The van der Waals surface area contributed by atoms with Crippen molar-refractivity contribution in [2.45, 2.75) is 6.42 Å². The van der Waals surface area contributed by atoms with Crippen molar-refractivity contribution in [1.82, 2.24) is 5.32 Å². The van der Waals surface area contributed by atoms with Crippen molar-refractivity contribution in [1.29, 1.82) is 0 Å². The highest BCUT2D eigenvalue weighted by Gasteiger charge is 2.03. The van der Waals surface area contributed by atoms with Gasteiger partial charge in [0, 0.05) is 12.6 Å². The summed E-state index contributed by atoms with van der Waals surface area (Å²) >= 11 is 0. The highest BCUT2D eigenvalue weighted by Crippen LogP contribution is 2.17. The summed E-state index contributed by atoms with van der Waals surface area (Å²) in [6.07, 6.45) is 4.09. The molecule has 12 heavy (non-hydrogen) atoms. The minimum absolute atomic E-state index is 0.469. The largest absolute Gasteiger partial charge is 0.316 e. The van der Waals surface area contributed by atoms with E-state index in [4.69, 9.17) is 0 Å². The molecule has 0 aromatic rings. The molecule has 0 amide bonds. The Kier molecular flexibility index (Phi) is 3.17. The van der Waals surface area contributed by atoms with Gasteiger partial charge in [-0.15, -0.1) is 0 Å². The lowest BCUT2D eigenvalue weighted by Crippen LogP contribution is -2.09. The van der Waals surface area contributed by atoms with E-state index in [0.717, 1.165) is 11.6 Å². The van der Waals surface area contributed by atoms with Crippen LogP contribution >= 0.6 is 0 Å². The maximum atomic E-state index is 12.7. The van der Waals surface area contributed by atoms with Crippen LogP contribution in [0.15, 0.2) is 35.5 Å². The fraction of sp³-hybridized carbons (Fsp3) is 0.333. The van der Waals surface area contributed by atoms with E-state index in [1.165, 1.54) is 12.2 Å². The minimum Gasteiger partial charge on any atom is -0.316 e. The number of likely N-dealkylation sites (N-methyl/N-ethyl adjacent to an activating group) is 1. The minimum atomic E-state index is -0.522. The number of hydrogen-bond donors (Lipinski definition) is 1. The number of halogens is 2. The molecule has 0 spiro atoms. The molecule has 0 fully saturated rings. The SMILES string of the molecule is CNCC1=CC(F)=CC(F)=CC1. The van der Waals surface area contributed by atoms with E-state index in [9.17, 15) is 8.78 Å². The third-order valence-electron chi connectivity index (χ3n) is 1.58. The van der Waals surface area contributed by atoms with E-state index in [2.05, 4.69) is 5.32 Å². The first-order valence-corrected chi connectivity index (χ1v) is 3.79. The summed E-state index contributed by atoms with van der Waals surface area (Å²) in [5, 5.41) is 2.89. The summed E-state index contributed by atoms with van der Waals surface area (Å²) in [5.74, 6) is -1.03. The summed E-state index contributed by atoms with van der Waals surface area (Å²) < 4.78 is 25.3. The monoisotopic (exact) mass is 171 g/mol. The van der Waals surface area contributed by atoms with Gasteiger partial charge in [0.25, 0.3) is 0 Å². The number of hydrogen-bond acceptors (Lipinski definition) is 1. The van der Waals surface area contributed by atoms with Gasteiger partial charge in [0.05, 0.1) is 0 Å². The van der Waals surface area contributed by atoms with Crippen LogP contribution in [-0.4, -0.2) is 13.6 Å². The van der Waals surface area contributed by atoms with E-state index < -0.39 is 11.7 Å². The third kappa shape index (κ3) is 2.58. The summed E-state index contributed by atoms with van der Waals surface area (Å²) in [6, 6.07) is 0. The highest BCUT2D eigenvalue weighted by atomic mass is 19.1. The first kappa shape index (κ1) is 9.13. The summed E-state index contributed by atoms with van der Waals surface area (Å²) in [7, 11) is 1.77. The number of allylic oxidation sites excluding steroid dienone is 5. The molecule has 3 heteroatoms. The van der Waals surface area contributed by atoms with Crippen molar-refractivity contribution >= 4 is 0 Å². The molecule has 0 saturated heterocycles. The highest BCUT2D eigenvalue weighted by molar-refractivity contribution is 5.31. The Morgan fingerprint density at radius 3 is 2.75 bits per heavy atom. The van der Waals surface area contributed by atoms with Crippen molar-refractivity contribution in [2.75, 3.05) is 13.6 Å². The molecule has 0 aromatic carbocycles. The maximum absolute atomic E-state index is 12.7. The van der Waals surface area contributed by atoms with Gasteiger partial charge in [-0.25, -0.2) is 8.78 Å². The molecule has 0 aromatic heterocycles. The van der Waals surface area contributed by atoms with E-state index in [0.29, 0.717) is 13.0 Å². The predicted molar refractivity (Wildman–Crippen MR) is 45.0 cm³/mol. The van der Waals surface area contributed by atoms with Crippen LogP contribution in [-0.2, 0) is 0 Å². The third-order valence-corrected chi connectivity index (χ3v) is 1.58. The maximum Gasteiger partial charge on any atom is 0.126 e. The molecule has 1 rings (SSSR count). The van der Waals surface area contributed by atoms with Crippen molar-refractivity contribution < 1.29 is 8.78 Å². The average molecular weight is 171 g/mol. The average Bonchev–Trinajstić information content (AvgIpc) is 2.13. The van der Waals surface area contributed by atoms with Gasteiger partial charge in [-0.1, -0.05) is 0 Å². The predicted octanol–water partition coefficient (Wildman–Crippen LogP) is 2.24. The van der Waals surface area contributed by atoms with Crippen molar-refractivity contribution in [3.8, 4) is 0 Å². The van der Waals surface area contributed by atoms with Crippen molar-refractivity contribution in [2.24, 2.45) is 0 Å². The number of nitrogens with one attached hydrogen (secondary N) is 1. The molecule has 66 valence electrons. The second-order valence-electron chi connectivity index (χ2n) is 2.66. The quantitative estimate of drug-likeness (QED) is 0.671. The zero-order valence-corrected chi connectivity index (χ0v) is 6.90. The van der Waals surface area contributed by atoms with E-state index in [1.807, 2.05) is 0 Å². The van der Waals surface area contributed by atoms with E-state index in [1.54, 1.807) is 7.05 Å². The van der Waals surface area contributed by atoms with Crippen LogP contribution in [0.4, 0.5) is 8.78 Å².